The molecule has 0 aliphatic carbocycles. The number of carbonyl (C=O) groups excluding carboxylic acids is 1. The molecule has 0 fully saturated rings. The fourth-order valence-corrected chi connectivity index (χ4v) is 1.73. The largest absolute Gasteiger partial charge is 0.350 e. The average molecular weight is 294 g/mol. The van der Waals surface area contributed by atoms with Crippen LogP contribution in [0.25, 0.3) is 0 Å². The maximum absolute atomic E-state index is 11.8. The molecule has 0 saturated carbocycles. The topological polar surface area (TPSA) is 85.8 Å². The van der Waals surface area contributed by atoms with Crippen LogP contribution in [0.5, 0.6) is 0 Å². The fourth-order valence-electron chi connectivity index (χ4n) is 1.61. The van der Waals surface area contributed by atoms with Crippen LogP contribution in [0.3, 0.4) is 0 Å². The third-order valence-electron chi connectivity index (χ3n) is 2.73. The number of carbonyl (C=O) groups is 1. The van der Waals surface area contributed by atoms with E-state index in [-0.39, 0.29) is 18.5 Å². The molecule has 1 unspecified atom stereocenters. The van der Waals surface area contributed by atoms with E-state index in [9.17, 15) is 4.79 Å². The lowest BCUT2D eigenvalue weighted by Gasteiger charge is -2.05. The van der Waals surface area contributed by atoms with Gasteiger partial charge in [-0.25, -0.2) is 4.68 Å². The van der Waals surface area contributed by atoms with Gasteiger partial charge in [-0.1, -0.05) is 28.9 Å². The van der Waals surface area contributed by atoms with Gasteiger partial charge in [-0.15, -0.1) is 5.10 Å². The quantitative estimate of drug-likeness (QED) is 0.869. The van der Waals surface area contributed by atoms with Crippen LogP contribution in [0.15, 0.2) is 30.5 Å². The summed E-state index contributed by atoms with van der Waals surface area (Å²) in [6, 6.07) is 7.12. The molecule has 7 heteroatoms. The van der Waals surface area contributed by atoms with Crippen LogP contribution < -0.4 is 11.1 Å². The third-order valence-corrected chi connectivity index (χ3v) is 2.98. The first-order chi connectivity index (χ1) is 9.54. The SMILES string of the molecule is CC(N)c1cn(CC(=O)NCc2ccc(Cl)cc2)nn1. The number of nitrogens with zero attached hydrogens (tertiary/aromatic N) is 3. The first kappa shape index (κ1) is 14.5. The van der Waals surface area contributed by atoms with Gasteiger partial charge in [0.15, 0.2) is 0 Å². The van der Waals surface area contributed by atoms with Crippen molar-refractivity contribution in [1.82, 2.24) is 20.3 Å². The minimum Gasteiger partial charge on any atom is -0.350 e. The summed E-state index contributed by atoms with van der Waals surface area (Å²) < 4.78 is 1.47. The van der Waals surface area contributed by atoms with E-state index >= 15 is 0 Å². The molecule has 106 valence electrons. The molecule has 0 saturated heterocycles. The van der Waals surface area contributed by atoms with Crippen LogP contribution >= 0.6 is 11.6 Å². The van der Waals surface area contributed by atoms with Gasteiger partial charge in [-0.05, 0) is 24.6 Å². The summed E-state index contributed by atoms with van der Waals surface area (Å²) >= 11 is 5.79. The molecule has 1 amide bonds. The average Bonchev–Trinajstić information content (AvgIpc) is 2.87. The molecule has 2 aromatic rings. The molecule has 0 aliphatic heterocycles. The van der Waals surface area contributed by atoms with Crippen molar-refractivity contribution in [3.05, 3.63) is 46.7 Å². The molecule has 0 bridgehead atoms. The predicted molar refractivity (Wildman–Crippen MR) is 75.9 cm³/mol. The molecular weight excluding hydrogens is 278 g/mol. The summed E-state index contributed by atoms with van der Waals surface area (Å²) in [4.78, 5) is 11.8. The van der Waals surface area contributed by atoms with Gasteiger partial charge in [0.2, 0.25) is 5.91 Å². The van der Waals surface area contributed by atoms with E-state index in [2.05, 4.69) is 15.6 Å². The highest BCUT2D eigenvalue weighted by molar-refractivity contribution is 6.30. The van der Waals surface area contributed by atoms with Gasteiger partial charge in [0.05, 0.1) is 11.9 Å². The maximum Gasteiger partial charge on any atom is 0.242 e. The van der Waals surface area contributed by atoms with Crippen molar-refractivity contribution < 1.29 is 4.79 Å². The zero-order valence-electron chi connectivity index (χ0n) is 11.1. The number of hydrogen-bond acceptors (Lipinski definition) is 4. The van der Waals surface area contributed by atoms with Gasteiger partial charge < -0.3 is 11.1 Å². The second kappa shape index (κ2) is 6.49. The molecular formula is C13H16ClN5O. The Morgan fingerprint density at radius 2 is 2.15 bits per heavy atom. The molecule has 0 aliphatic rings. The number of nitrogens with two attached hydrogens (primary N) is 1. The van der Waals surface area contributed by atoms with E-state index in [0.717, 1.165) is 5.56 Å². The Morgan fingerprint density at radius 3 is 2.75 bits per heavy atom. The highest BCUT2D eigenvalue weighted by Gasteiger charge is 2.08. The van der Waals surface area contributed by atoms with E-state index in [4.69, 9.17) is 17.3 Å². The van der Waals surface area contributed by atoms with Gasteiger partial charge in [-0.3, -0.25) is 4.79 Å². The van der Waals surface area contributed by atoms with Crippen molar-refractivity contribution in [3.63, 3.8) is 0 Å². The Balaban J connectivity index is 1.84. The summed E-state index contributed by atoms with van der Waals surface area (Å²) in [7, 11) is 0. The molecule has 1 heterocycles. The summed E-state index contributed by atoms with van der Waals surface area (Å²) in [5.41, 5.74) is 7.32. The van der Waals surface area contributed by atoms with Crippen molar-refractivity contribution in [2.45, 2.75) is 26.1 Å². The molecule has 1 aromatic heterocycles. The van der Waals surface area contributed by atoms with Gasteiger partial charge in [0, 0.05) is 17.6 Å². The van der Waals surface area contributed by atoms with Crippen molar-refractivity contribution in [2.24, 2.45) is 5.73 Å². The standard InChI is InChI=1S/C13H16ClN5O/c1-9(15)12-7-19(18-17-12)8-13(20)16-6-10-2-4-11(14)5-3-10/h2-5,7,9H,6,8,15H2,1H3,(H,16,20). The number of hydrogen-bond donors (Lipinski definition) is 2. The van der Waals surface area contributed by atoms with Crippen LogP contribution in [0, 0.1) is 0 Å². The lowest BCUT2D eigenvalue weighted by Crippen LogP contribution is -2.27. The van der Waals surface area contributed by atoms with Gasteiger partial charge in [0.25, 0.3) is 0 Å². The summed E-state index contributed by atoms with van der Waals surface area (Å²) in [5.74, 6) is -0.138. The van der Waals surface area contributed by atoms with Crippen molar-refractivity contribution >= 4 is 17.5 Å². The Labute approximate surface area is 121 Å². The van der Waals surface area contributed by atoms with Crippen LogP contribution in [-0.2, 0) is 17.9 Å². The molecule has 1 atom stereocenters. The highest BCUT2D eigenvalue weighted by atomic mass is 35.5. The third kappa shape index (κ3) is 4.04. The Bertz CT molecular complexity index is 579. The van der Waals surface area contributed by atoms with Gasteiger partial charge in [-0.2, -0.15) is 0 Å². The first-order valence-corrected chi connectivity index (χ1v) is 6.59. The second-order valence-electron chi connectivity index (χ2n) is 4.53. The van der Waals surface area contributed by atoms with Crippen molar-refractivity contribution in [3.8, 4) is 0 Å². The van der Waals surface area contributed by atoms with Crippen LogP contribution in [0.4, 0.5) is 0 Å². The van der Waals surface area contributed by atoms with E-state index in [1.807, 2.05) is 19.1 Å². The van der Waals surface area contributed by atoms with E-state index in [1.54, 1.807) is 18.3 Å². The number of rotatable bonds is 5. The van der Waals surface area contributed by atoms with Crippen LogP contribution in [0.2, 0.25) is 5.02 Å². The zero-order chi connectivity index (χ0) is 14.5. The highest BCUT2D eigenvalue weighted by Crippen LogP contribution is 2.09. The molecule has 1 aromatic carbocycles. The van der Waals surface area contributed by atoms with Gasteiger partial charge in [0.1, 0.15) is 6.54 Å². The summed E-state index contributed by atoms with van der Waals surface area (Å²) in [6.45, 7) is 2.38. The molecule has 0 spiro atoms. The van der Waals surface area contributed by atoms with Crippen LogP contribution in [-0.4, -0.2) is 20.9 Å². The van der Waals surface area contributed by atoms with Crippen molar-refractivity contribution in [1.29, 1.82) is 0 Å². The van der Waals surface area contributed by atoms with E-state index < -0.39 is 0 Å². The number of amides is 1. The molecule has 6 nitrogen and oxygen atoms in total. The minimum atomic E-state index is -0.194. The predicted octanol–water partition coefficient (Wildman–Crippen LogP) is 1.27. The maximum atomic E-state index is 11.8. The molecule has 3 N–H and O–H groups in total. The molecule has 20 heavy (non-hydrogen) atoms. The lowest BCUT2D eigenvalue weighted by atomic mass is 10.2. The molecule has 0 radical (unpaired) electrons. The number of halogens is 1. The summed E-state index contributed by atoms with van der Waals surface area (Å²) in [6.07, 6.45) is 1.67. The smallest absolute Gasteiger partial charge is 0.242 e. The Kier molecular flexibility index (Phi) is 4.70. The lowest BCUT2D eigenvalue weighted by molar-refractivity contribution is -0.122. The first-order valence-electron chi connectivity index (χ1n) is 6.21. The van der Waals surface area contributed by atoms with Gasteiger partial charge >= 0.3 is 0 Å². The van der Waals surface area contributed by atoms with E-state index in [0.29, 0.717) is 17.3 Å². The Hall–Kier alpha value is -1.92. The zero-order valence-corrected chi connectivity index (χ0v) is 11.8. The van der Waals surface area contributed by atoms with E-state index in [1.165, 1.54) is 4.68 Å². The monoisotopic (exact) mass is 293 g/mol. The Morgan fingerprint density at radius 1 is 1.45 bits per heavy atom. The number of aromatic nitrogens is 3. The van der Waals surface area contributed by atoms with Crippen LogP contribution in [0.1, 0.15) is 24.2 Å². The fraction of sp³-hybridized carbons (Fsp3) is 0.308. The molecule has 2 rings (SSSR count). The normalized spacial score (nSPS) is 12.2. The van der Waals surface area contributed by atoms with Crippen molar-refractivity contribution in [2.75, 3.05) is 0 Å². The number of nitrogens with one attached hydrogen (secondary N) is 1. The second-order valence-corrected chi connectivity index (χ2v) is 4.97. The minimum absolute atomic E-state index is 0.118. The number of benzene rings is 1. The summed E-state index contributed by atoms with van der Waals surface area (Å²) in [5, 5.41) is 11.2.